The Balaban J connectivity index is 1.83. The van der Waals surface area contributed by atoms with Crippen LogP contribution in [0.5, 0.6) is 5.75 Å². The monoisotopic (exact) mass is 417 g/mol. The molecule has 10 nitrogen and oxygen atoms in total. The smallest absolute Gasteiger partial charge is 0.406 e. The number of carbonyl (C=O) groups is 3. The minimum absolute atomic E-state index is 0.282. The number of nitrogens with two attached hydrogens (primary N) is 1. The highest BCUT2D eigenvalue weighted by molar-refractivity contribution is 6.32. The second kappa shape index (κ2) is 6.59. The Morgan fingerprint density at radius 1 is 1.38 bits per heavy atom. The third kappa shape index (κ3) is 2.75. The molecule has 1 unspecified atom stereocenters. The zero-order valence-corrected chi connectivity index (χ0v) is 16.7. The highest BCUT2D eigenvalue weighted by Gasteiger charge is 2.53. The number of benzene rings is 1. The Bertz CT molecular complexity index is 1110. The molecule has 2 aliphatic rings. The van der Waals surface area contributed by atoms with Crippen molar-refractivity contribution in [3.05, 3.63) is 35.1 Å². The molecule has 1 saturated heterocycles. The van der Waals surface area contributed by atoms with E-state index in [1.54, 1.807) is 22.9 Å². The number of imide groups is 1. The zero-order chi connectivity index (χ0) is 21.0. The maximum Gasteiger partial charge on any atom is 0.406 e. The highest BCUT2D eigenvalue weighted by atomic mass is 35.5. The van der Waals surface area contributed by atoms with Gasteiger partial charge in [0.25, 0.3) is 5.91 Å². The number of aryl methyl sites for hydroxylation is 1. The van der Waals surface area contributed by atoms with Crippen LogP contribution in [-0.2, 0) is 9.59 Å². The second-order valence-electron chi connectivity index (χ2n) is 6.74. The molecule has 150 valence electrons. The van der Waals surface area contributed by atoms with Gasteiger partial charge in [0, 0.05) is 7.05 Å². The van der Waals surface area contributed by atoms with Gasteiger partial charge in [-0.1, -0.05) is 16.6 Å². The van der Waals surface area contributed by atoms with Crippen LogP contribution in [0.2, 0.25) is 5.02 Å². The summed E-state index contributed by atoms with van der Waals surface area (Å²) < 4.78 is 8.68. The Kier molecular flexibility index (Phi) is 4.30. The van der Waals surface area contributed by atoms with E-state index in [1.807, 2.05) is 17.6 Å². The molecule has 0 bridgehead atoms. The van der Waals surface area contributed by atoms with Crippen molar-refractivity contribution in [1.29, 1.82) is 0 Å². The number of carbonyl (C=O) groups excluding carboxylic acids is 3. The number of methoxy groups -OCH3 is 1. The van der Waals surface area contributed by atoms with E-state index >= 15 is 0 Å². The maximum absolute atomic E-state index is 13.0. The molecule has 11 heteroatoms. The third-order valence-electron chi connectivity index (χ3n) is 4.92. The van der Waals surface area contributed by atoms with E-state index in [2.05, 4.69) is 4.99 Å². The summed E-state index contributed by atoms with van der Waals surface area (Å²) in [5, 5.41) is 0.427. The zero-order valence-electron chi connectivity index (χ0n) is 15.9. The summed E-state index contributed by atoms with van der Waals surface area (Å²) in [4.78, 5) is 43.5. The first-order valence-electron chi connectivity index (χ1n) is 8.68. The number of amides is 4. The molecule has 1 aromatic carbocycles. The predicted molar refractivity (Wildman–Crippen MR) is 102 cm³/mol. The fourth-order valence-electron chi connectivity index (χ4n) is 3.60. The molecule has 2 aromatic rings. The Hall–Kier alpha value is -3.40. The molecule has 1 fully saturated rings. The van der Waals surface area contributed by atoms with E-state index in [0.29, 0.717) is 16.7 Å². The van der Waals surface area contributed by atoms with Crippen molar-refractivity contribution in [2.45, 2.75) is 13.0 Å². The van der Waals surface area contributed by atoms with E-state index in [-0.39, 0.29) is 5.84 Å². The number of primary amides is 1. The SMILES string of the molecule is COc1ccc(-n2c(C)c[n+]3c2N=C2C3C(=O)N(CC(N)=O)C(=O)N2C)cc1Cl. The van der Waals surface area contributed by atoms with Gasteiger partial charge in [0.15, 0.2) is 0 Å². The van der Waals surface area contributed by atoms with Crippen molar-refractivity contribution in [1.82, 2.24) is 14.4 Å². The van der Waals surface area contributed by atoms with E-state index in [1.165, 1.54) is 19.1 Å². The number of aliphatic imine (C=N–C) groups is 1. The van der Waals surface area contributed by atoms with Crippen LogP contribution in [-0.4, -0.2) is 58.8 Å². The number of halogens is 1. The number of rotatable bonds is 4. The van der Waals surface area contributed by atoms with Crippen LogP contribution in [0.3, 0.4) is 0 Å². The summed E-state index contributed by atoms with van der Waals surface area (Å²) >= 11 is 6.27. The van der Waals surface area contributed by atoms with E-state index < -0.39 is 30.4 Å². The molecule has 3 heterocycles. The largest absolute Gasteiger partial charge is 0.495 e. The number of likely N-dealkylation sites (N-methyl/N-ethyl adjacent to an activating group) is 1. The topological polar surface area (TPSA) is 114 Å². The lowest BCUT2D eigenvalue weighted by atomic mass is 10.1. The van der Waals surface area contributed by atoms with Gasteiger partial charge in [0.1, 0.15) is 29.9 Å². The fourth-order valence-corrected chi connectivity index (χ4v) is 3.85. The maximum atomic E-state index is 13.0. The molecular weight excluding hydrogens is 400 g/mol. The number of hydrogen-bond acceptors (Lipinski definition) is 5. The lowest BCUT2D eigenvalue weighted by molar-refractivity contribution is -0.676. The Morgan fingerprint density at radius 3 is 2.72 bits per heavy atom. The van der Waals surface area contributed by atoms with Crippen LogP contribution in [0.25, 0.3) is 5.69 Å². The van der Waals surface area contributed by atoms with Crippen LogP contribution in [0.4, 0.5) is 10.7 Å². The first-order chi connectivity index (χ1) is 13.7. The number of hydrogen-bond donors (Lipinski definition) is 1. The van der Waals surface area contributed by atoms with Crippen molar-refractivity contribution >= 4 is 41.2 Å². The summed E-state index contributed by atoms with van der Waals surface area (Å²) in [6.45, 7) is 1.37. The molecule has 0 spiro atoms. The van der Waals surface area contributed by atoms with Gasteiger partial charge in [-0.05, 0) is 25.1 Å². The molecule has 0 aliphatic carbocycles. The fraction of sp³-hybridized carbons (Fsp3) is 0.278. The number of urea groups is 1. The van der Waals surface area contributed by atoms with Crippen LogP contribution in [0.15, 0.2) is 29.4 Å². The second-order valence-corrected chi connectivity index (χ2v) is 7.14. The van der Waals surface area contributed by atoms with Gasteiger partial charge in [-0.25, -0.2) is 9.36 Å². The van der Waals surface area contributed by atoms with Gasteiger partial charge in [-0.3, -0.25) is 19.4 Å². The normalized spacial score (nSPS) is 17.9. The lowest BCUT2D eigenvalue weighted by Crippen LogP contribution is -2.63. The standard InChI is InChI=1S/C18H17ClN6O4/c1-9-7-23-14-15(22(2)18(28)24(16(14)27)8-13(20)26)21-17(23)25(9)10-4-5-12(29-3)11(19)6-10/h4-7,14H,8H2,1-3H3,(H-,20,26)/p+1. The Labute approximate surface area is 170 Å². The number of amidine groups is 1. The van der Waals surface area contributed by atoms with Gasteiger partial charge in [-0.15, -0.1) is 0 Å². The number of ether oxygens (including phenoxy) is 1. The van der Waals surface area contributed by atoms with Crippen LogP contribution in [0.1, 0.15) is 11.7 Å². The molecule has 1 atom stereocenters. The molecule has 0 radical (unpaired) electrons. The molecule has 2 aliphatic heterocycles. The minimum Gasteiger partial charge on any atom is -0.495 e. The highest BCUT2D eigenvalue weighted by Crippen LogP contribution is 2.33. The third-order valence-corrected chi connectivity index (χ3v) is 5.21. The molecule has 0 saturated carbocycles. The predicted octanol–water partition coefficient (Wildman–Crippen LogP) is 0.699. The molecule has 4 amide bonds. The van der Waals surface area contributed by atoms with Gasteiger partial charge >= 0.3 is 12.0 Å². The number of fused-ring (bicyclic) bond motifs is 3. The summed E-state index contributed by atoms with van der Waals surface area (Å²) in [6.07, 6.45) is 1.76. The minimum atomic E-state index is -0.860. The lowest BCUT2D eigenvalue weighted by Gasteiger charge is -2.32. The number of imidazole rings is 1. The van der Waals surface area contributed by atoms with Crippen molar-refractivity contribution in [2.24, 2.45) is 10.7 Å². The summed E-state index contributed by atoms with van der Waals surface area (Å²) in [5.74, 6) is -0.0569. The molecular formula is C18H18ClN6O4+. The first kappa shape index (κ1) is 18.9. The van der Waals surface area contributed by atoms with E-state index in [0.717, 1.165) is 16.3 Å². The van der Waals surface area contributed by atoms with Crippen LogP contribution >= 0.6 is 11.6 Å². The van der Waals surface area contributed by atoms with E-state index in [9.17, 15) is 14.4 Å². The Morgan fingerprint density at radius 2 is 2.10 bits per heavy atom. The van der Waals surface area contributed by atoms with Gasteiger partial charge < -0.3 is 10.5 Å². The van der Waals surface area contributed by atoms with Crippen molar-refractivity contribution in [3.63, 3.8) is 0 Å². The van der Waals surface area contributed by atoms with Crippen molar-refractivity contribution in [2.75, 3.05) is 20.7 Å². The van der Waals surface area contributed by atoms with Gasteiger partial charge in [0.2, 0.25) is 17.8 Å². The van der Waals surface area contributed by atoms with Gasteiger partial charge in [-0.2, -0.15) is 4.57 Å². The van der Waals surface area contributed by atoms with Crippen LogP contribution < -0.4 is 15.0 Å². The molecule has 29 heavy (non-hydrogen) atoms. The molecule has 4 rings (SSSR count). The van der Waals surface area contributed by atoms with Gasteiger partial charge in [0.05, 0.1) is 12.1 Å². The molecule has 2 N–H and O–H groups in total. The van der Waals surface area contributed by atoms with Crippen LogP contribution in [0, 0.1) is 6.92 Å². The van der Waals surface area contributed by atoms with E-state index in [4.69, 9.17) is 22.1 Å². The number of aromatic nitrogens is 2. The summed E-state index contributed by atoms with van der Waals surface area (Å²) in [7, 11) is 3.03. The quantitative estimate of drug-likeness (QED) is 0.737. The average Bonchev–Trinajstić information content (AvgIpc) is 3.17. The molecule has 1 aromatic heterocycles. The number of nitrogens with zero attached hydrogens (tertiary/aromatic N) is 5. The summed E-state index contributed by atoms with van der Waals surface area (Å²) in [6, 6.07) is 3.77. The van der Waals surface area contributed by atoms with Crippen molar-refractivity contribution in [3.8, 4) is 11.4 Å². The first-order valence-corrected chi connectivity index (χ1v) is 9.05. The summed E-state index contributed by atoms with van der Waals surface area (Å²) in [5.41, 5.74) is 6.73. The van der Waals surface area contributed by atoms with Crippen molar-refractivity contribution < 1.29 is 23.7 Å². The average molecular weight is 418 g/mol.